The second kappa shape index (κ2) is 9.65. The largest absolute Gasteiger partial charge is 0.496 e. The first-order valence-corrected chi connectivity index (χ1v) is 7.31. The third-order valence-corrected chi connectivity index (χ3v) is 3.26. The quantitative estimate of drug-likeness (QED) is 0.649. The van der Waals surface area contributed by atoms with Crippen molar-refractivity contribution >= 4 is 11.9 Å². The molecule has 0 heterocycles. The number of unbranched alkanes of at least 4 members (excludes halogenated alkanes) is 3. The second-order valence-electron chi connectivity index (χ2n) is 4.85. The van der Waals surface area contributed by atoms with E-state index >= 15 is 0 Å². The standard InChI is InChI=1S/C16H23NO5/c1-21-12-8-7-9-13(22-2)15(12)16(20)17-11-6-4-3-5-10-14(18)19/h7-9H,3-6,10-11H2,1-2H3,(H,17,20)(H,18,19). The summed E-state index contributed by atoms with van der Waals surface area (Å²) in [6, 6.07) is 5.18. The molecule has 0 bridgehead atoms. The van der Waals surface area contributed by atoms with Crippen LogP contribution in [0, 0.1) is 0 Å². The number of methoxy groups -OCH3 is 2. The molecule has 0 saturated carbocycles. The Balaban J connectivity index is 2.41. The smallest absolute Gasteiger partial charge is 0.303 e. The fraction of sp³-hybridized carbons (Fsp3) is 0.500. The van der Waals surface area contributed by atoms with Gasteiger partial charge in [-0.25, -0.2) is 0 Å². The van der Waals surface area contributed by atoms with Gasteiger partial charge >= 0.3 is 5.97 Å². The van der Waals surface area contributed by atoms with Crippen molar-refractivity contribution < 1.29 is 24.2 Å². The molecule has 0 aromatic heterocycles. The van der Waals surface area contributed by atoms with E-state index < -0.39 is 5.97 Å². The van der Waals surface area contributed by atoms with Crippen LogP contribution in [0.4, 0.5) is 0 Å². The van der Waals surface area contributed by atoms with Crippen molar-refractivity contribution in [2.45, 2.75) is 32.1 Å². The summed E-state index contributed by atoms with van der Waals surface area (Å²) in [5.41, 5.74) is 0.387. The first-order chi connectivity index (χ1) is 10.6. The van der Waals surface area contributed by atoms with Crippen LogP contribution in [0.2, 0.25) is 0 Å². The van der Waals surface area contributed by atoms with Gasteiger partial charge in [-0.3, -0.25) is 9.59 Å². The number of carbonyl (C=O) groups excluding carboxylic acids is 1. The second-order valence-corrected chi connectivity index (χ2v) is 4.85. The molecule has 2 N–H and O–H groups in total. The fourth-order valence-electron chi connectivity index (χ4n) is 2.12. The van der Waals surface area contributed by atoms with Gasteiger partial charge in [0.25, 0.3) is 5.91 Å². The summed E-state index contributed by atoms with van der Waals surface area (Å²) in [6.45, 7) is 0.535. The van der Waals surface area contributed by atoms with Crippen LogP contribution in [0.25, 0.3) is 0 Å². The minimum Gasteiger partial charge on any atom is -0.496 e. The minimum absolute atomic E-state index is 0.199. The van der Waals surface area contributed by atoms with Crippen LogP contribution in [0.5, 0.6) is 11.5 Å². The zero-order valence-electron chi connectivity index (χ0n) is 13.1. The number of carboxylic acids is 1. The number of rotatable bonds is 10. The van der Waals surface area contributed by atoms with Crippen molar-refractivity contribution in [2.75, 3.05) is 20.8 Å². The molecule has 6 heteroatoms. The lowest BCUT2D eigenvalue weighted by atomic mass is 10.1. The Kier molecular flexibility index (Phi) is 7.81. The van der Waals surface area contributed by atoms with Crippen molar-refractivity contribution in [3.63, 3.8) is 0 Å². The highest BCUT2D eigenvalue weighted by Gasteiger charge is 2.17. The molecule has 0 atom stereocenters. The lowest BCUT2D eigenvalue weighted by Gasteiger charge is -2.12. The maximum absolute atomic E-state index is 12.2. The van der Waals surface area contributed by atoms with Crippen LogP contribution in [0.3, 0.4) is 0 Å². The van der Waals surface area contributed by atoms with E-state index in [2.05, 4.69) is 5.32 Å². The van der Waals surface area contributed by atoms with E-state index in [0.29, 0.717) is 30.0 Å². The molecule has 1 amide bonds. The maximum Gasteiger partial charge on any atom is 0.303 e. The number of aliphatic carboxylic acids is 1. The van der Waals surface area contributed by atoms with E-state index in [1.165, 1.54) is 14.2 Å². The van der Waals surface area contributed by atoms with E-state index in [1.807, 2.05) is 0 Å². The SMILES string of the molecule is COc1cccc(OC)c1C(=O)NCCCCCCC(=O)O. The summed E-state index contributed by atoms with van der Waals surface area (Å²) in [4.78, 5) is 22.6. The number of benzene rings is 1. The average molecular weight is 309 g/mol. The van der Waals surface area contributed by atoms with E-state index in [9.17, 15) is 9.59 Å². The predicted octanol–water partition coefficient (Wildman–Crippen LogP) is 2.47. The molecule has 0 aliphatic rings. The molecule has 0 radical (unpaired) electrons. The van der Waals surface area contributed by atoms with Gasteiger partial charge in [0.2, 0.25) is 0 Å². The lowest BCUT2D eigenvalue weighted by Crippen LogP contribution is -2.25. The number of carboxylic acid groups (broad SMARTS) is 1. The Morgan fingerprint density at radius 3 is 2.18 bits per heavy atom. The van der Waals surface area contributed by atoms with E-state index in [-0.39, 0.29) is 12.3 Å². The highest BCUT2D eigenvalue weighted by Crippen LogP contribution is 2.27. The van der Waals surface area contributed by atoms with Crippen LogP contribution in [-0.2, 0) is 4.79 Å². The molecule has 6 nitrogen and oxygen atoms in total. The first kappa shape index (κ1) is 17.8. The van der Waals surface area contributed by atoms with E-state index in [1.54, 1.807) is 18.2 Å². The van der Waals surface area contributed by atoms with Crippen molar-refractivity contribution in [1.82, 2.24) is 5.32 Å². The minimum atomic E-state index is -0.767. The molecule has 0 aliphatic heterocycles. The Bertz CT molecular complexity index is 479. The third kappa shape index (κ3) is 5.63. The number of carbonyl (C=O) groups is 2. The summed E-state index contributed by atoms with van der Waals surface area (Å²) in [6.07, 6.45) is 3.41. The summed E-state index contributed by atoms with van der Waals surface area (Å²) >= 11 is 0. The Hall–Kier alpha value is -2.24. The van der Waals surface area contributed by atoms with Gasteiger partial charge in [0.15, 0.2) is 0 Å². The van der Waals surface area contributed by atoms with E-state index in [0.717, 1.165) is 19.3 Å². The topological polar surface area (TPSA) is 84.9 Å². The van der Waals surface area contributed by atoms with Crippen molar-refractivity contribution in [1.29, 1.82) is 0 Å². The number of nitrogens with one attached hydrogen (secondary N) is 1. The first-order valence-electron chi connectivity index (χ1n) is 7.31. The van der Waals surface area contributed by atoms with Gasteiger partial charge in [-0.2, -0.15) is 0 Å². The van der Waals surface area contributed by atoms with Crippen molar-refractivity contribution in [3.8, 4) is 11.5 Å². The summed E-state index contributed by atoms with van der Waals surface area (Å²) < 4.78 is 10.4. The van der Waals surface area contributed by atoms with Gasteiger partial charge in [-0.15, -0.1) is 0 Å². The van der Waals surface area contributed by atoms with Crippen LogP contribution in [-0.4, -0.2) is 37.7 Å². The normalized spacial score (nSPS) is 10.1. The highest BCUT2D eigenvalue weighted by molar-refractivity contribution is 5.99. The highest BCUT2D eigenvalue weighted by atomic mass is 16.5. The lowest BCUT2D eigenvalue weighted by molar-refractivity contribution is -0.137. The Morgan fingerprint density at radius 2 is 1.64 bits per heavy atom. The number of hydrogen-bond acceptors (Lipinski definition) is 4. The van der Waals surface area contributed by atoms with Crippen molar-refractivity contribution in [3.05, 3.63) is 23.8 Å². The molecule has 0 unspecified atom stereocenters. The number of ether oxygens (including phenoxy) is 2. The molecule has 0 fully saturated rings. The monoisotopic (exact) mass is 309 g/mol. The average Bonchev–Trinajstić information content (AvgIpc) is 2.52. The van der Waals surface area contributed by atoms with Crippen molar-refractivity contribution in [2.24, 2.45) is 0 Å². The molecular weight excluding hydrogens is 286 g/mol. The molecule has 1 rings (SSSR count). The third-order valence-electron chi connectivity index (χ3n) is 3.26. The molecule has 0 saturated heterocycles. The Labute approximate surface area is 130 Å². The van der Waals surface area contributed by atoms with Crippen LogP contribution >= 0.6 is 0 Å². The van der Waals surface area contributed by atoms with Gasteiger partial charge < -0.3 is 19.9 Å². The molecule has 0 spiro atoms. The molecule has 122 valence electrons. The van der Waals surface area contributed by atoms with Crippen LogP contribution in [0.15, 0.2) is 18.2 Å². The van der Waals surface area contributed by atoms with Crippen LogP contribution < -0.4 is 14.8 Å². The summed E-state index contributed by atoms with van der Waals surface area (Å²) in [7, 11) is 3.02. The van der Waals surface area contributed by atoms with Gasteiger partial charge in [0.1, 0.15) is 17.1 Å². The summed E-state index contributed by atoms with van der Waals surface area (Å²) in [5.74, 6) is -0.0620. The molecule has 0 aliphatic carbocycles. The zero-order chi connectivity index (χ0) is 16.4. The zero-order valence-corrected chi connectivity index (χ0v) is 13.1. The number of amides is 1. The maximum atomic E-state index is 12.2. The molecule has 1 aromatic carbocycles. The fourth-order valence-corrected chi connectivity index (χ4v) is 2.12. The molecule has 1 aromatic rings. The van der Waals surface area contributed by atoms with Gasteiger partial charge in [-0.1, -0.05) is 18.9 Å². The van der Waals surface area contributed by atoms with Crippen LogP contribution in [0.1, 0.15) is 42.5 Å². The van der Waals surface area contributed by atoms with E-state index in [4.69, 9.17) is 14.6 Å². The molecule has 22 heavy (non-hydrogen) atoms. The summed E-state index contributed by atoms with van der Waals surface area (Å²) in [5, 5.41) is 11.4. The van der Waals surface area contributed by atoms with Gasteiger partial charge in [-0.05, 0) is 25.0 Å². The Morgan fingerprint density at radius 1 is 1.05 bits per heavy atom. The number of hydrogen-bond donors (Lipinski definition) is 2. The van der Waals surface area contributed by atoms with Gasteiger partial charge in [0, 0.05) is 13.0 Å². The predicted molar refractivity (Wildman–Crippen MR) is 82.6 cm³/mol. The molecular formula is C16H23NO5. The van der Waals surface area contributed by atoms with Gasteiger partial charge in [0.05, 0.1) is 14.2 Å².